The van der Waals surface area contributed by atoms with Gasteiger partial charge in [0.1, 0.15) is 5.00 Å². The van der Waals surface area contributed by atoms with Gasteiger partial charge in [-0.15, -0.1) is 11.3 Å². The van der Waals surface area contributed by atoms with Gasteiger partial charge in [-0.3, -0.25) is 19.1 Å². The standard InChI is InChI=1S/C24H22N4O4S2/c1-3-16-12-18(23(31)32-4-2)21(34-16)27-20(29)14-33-24-26-19-10-6-5-9-17(19)22(30)28(24)15-8-7-11-25-13-15/h5-13H,3-4,14H2,1-2H3,(H,27,29). The van der Waals surface area contributed by atoms with Crippen LogP contribution in [-0.4, -0.2) is 38.8 Å². The number of esters is 1. The third kappa shape index (κ3) is 5.02. The Morgan fingerprint density at radius 3 is 2.74 bits per heavy atom. The zero-order valence-electron chi connectivity index (χ0n) is 18.6. The van der Waals surface area contributed by atoms with E-state index in [1.165, 1.54) is 15.9 Å². The summed E-state index contributed by atoms with van der Waals surface area (Å²) in [7, 11) is 0. The van der Waals surface area contributed by atoms with E-state index in [-0.39, 0.29) is 23.8 Å². The number of ether oxygens (including phenoxy) is 1. The Morgan fingerprint density at radius 1 is 1.18 bits per heavy atom. The first-order chi connectivity index (χ1) is 16.5. The molecule has 1 amide bonds. The predicted molar refractivity (Wildman–Crippen MR) is 134 cm³/mol. The van der Waals surface area contributed by atoms with E-state index in [0.29, 0.717) is 32.3 Å². The molecule has 34 heavy (non-hydrogen) atoms. The quantitative estimate of drug-likeness (QED) is 0.221. The fraction of sp³-hybridized carbons (Fsp3) is 0.208. The lowest BCUT2D eigenvalue weighted by Crippen LogP contribution is -2.23. The summed E-state index contributed by atoms with van der Waals surface area (Å²) in [5.74, 6) is -0.796. The summed E-state index contributed by atoms with van der Waals surface area (Å²) in [5.41, 5.74) is 1.21. The molecule has 10 heteroatoms. The fourth-order valence-corrected chi connectivity index (χ4v) is 5.10. The van der Waals surface area contributed by atoms with E-state index < -0.39 is 5.97 Å². The number of para-hydroxylation sites is 1. The Hall–Kier alpha value is -3.50. The topological polar surface area (TPSA) is 103 Å². The number of nitrogens with one attached hydrogen (secondary N) is 1. The summed E-state index contributed by atoms with van der Waals surface area (Å²) < 4.78 is 6.57. The van der Waals surface area contributed by atoms with E-state index in [4.69, 9.17) is 4.74 Å². The lowest BCUT2D eigenvalue weighted by atomic mass is 10.2. The van der Waals surface area contributed by atoms with Crippen molar-refractivity contribution in [2.75, 3.05) is 17.7 Å². The second-order valence-corrected chi connectivity index (χ2v) is 9.21. The third-order valence-corrected chi connectivity index (χ3v) is 6.99. The number of rotatable bonds is 8. The van der Waals surface area contributed by atoms with Gasteiger partial charge in [-0.25, -0.2) is 9.78 Å². The predicted octanol–water partition coefficient (Wildman–Crippen LogP) is 4.31. The average molecular weight is 495 g/mol. The summed E-state index contributed by atoms with van der Waals surface area (Å²) in [4.78, 5) is 48.0. The Labute approximate surface area is 204 Å². The van der Waals surface area contributed by atoms with E-state index >= 15 is 0 Å². The van der Waals surface area contributed by atoms with Crippen molar-refractivity contribution >= 4 is 50.9 Å². The molecular formula is C24H22N4O4S2. The monoisotopic (exact) mass is 494 g/mol. The van der Waals surface area contributed by atoms with E-state index in [9.17, 15) is 14.4 Å². The maximum absolute atomic E-state index is 13.2. The van der Waals surface area contributed by atoms with Gasteiger partial charge >= 0.3 is 5.97 Å². The number of hydrogen-bond acceptors (Lipinski definition) is 8. The second kappa shape index (κ2) is 10.6. The third-order valence-electron chi connectivity index (χ3n) is 4.86. The van der Waals surface area contributed by atoms with Crippen LogP contribution in [0, 0.1) is 0 Å². The van der Waals surface area contributed by atoms with Crippen LogP contribution in [0.5, 0.6) is 0 Å². The Bertz CT molecular complexity index is 1400. The van der Waals surface area contributed by atoms with Crippen LogP contribution in [0.2, 0.25) is 0 Å². The van der Waals surface area contributed by atoms with Crippen molar-refractivity contribution in [3.8, 4) is 5.69 Å². The average Bonchev–Trinajstić information content (AvgIpc) is 3.26. The fourth-order valence-electron chi connectivity index (χ4n) is 3.29. The van der Waals surface area contributed by atoms with Crippen LogP contribution in [0.25, 0.3) is 16.6 Å². The van der Waals surface area contributed by atoms with Gasteiger partial charge in [-0.1, -0.05) is 30.8 Å². The highest BCUT2D eigenvalue weighted by Gasteiger charge is 2.20. The van der Waals surface area contributed by atoms with Crippen LogP contribution in [0.3, 0.4) is 0 Å². The number of amides is 1. The largest absolute Gasteiger partial charge is 0.462 e. The van der Waals surface area contributed by atoms with Gasteiger partial charge in [0.15, 0.2) is 5.16 Å². The van der Waals surface area contributed by atoms with Crippen molar-refractivity contribution in [1.82, 2.24) is 14.5 Å². The summed E-state index contributed by atoms with van der Waals surface area (Å²) in [6.07, 6.45) is 3.93. The van der Waals surface area contributed by atoms with E-state index in [2.05, 4.69) is 15.3 Å². The van der Waals surface area contributed by atoms with Crippen LogP contribution in [0.15, 0.2) is 64.8 Å². The molecule has 0 atom stereocenters. The molecule has 0 radical (unpaired) electrons. The van der Waals surface area contributed by atoms with Gasteiger partial charge in [0.05, 0.1) is 40.7 Å². The number of benzene rings is 1. The molecule has 0 aliphatic heterocycles. The van der Waals surface area contributed by atoms with Gasteiger partial charge < -0.3 is 10.1 Å². The number of hydrogen-bond donors (Lipinski definition) is 1. The minimum Gasteiger partial charge on any atom is -0.462 e. The maximum Gasteiger partial charge on any atom is 0.341 e. The van der Waals surface area contributed by atoms with Crippen LogP contribution in [-0.2, 0) is 16.0 Å². The summed E-state index contributed by atoms with van der Waals surface area (Å²) in [6, 6.07) is 12.3. The molecule has 0 saturated heterocycles. The van der Waals surface area contributed by atoms with Crippen LogP contribution >= 0.6 is 23.1 Å². The maximum atomic E-state index is 13.2. The lowest BCUT2D eigenvalue weighted by Gasteiger charge is -2.13. The first-order valence-corrected chi connectivity index (χ1v) is 12.5. The molecule has 0 spiro atoms. The highest BCUT2D eigenvalue weighted by molar-refractivity contribution is 7.99. The number of carbonyl (C=O) groups is 2. The number of thiophene rings is 1. The van der Waals surface area contributed by atoms with Crippen molar-refractivity contribution in [2.45, 2.75) is 25.4 Å². The Morgan fingerprint density at radius 2 is 2.00 bits per heavy atom. The number of carbonyl (C=O) groups excluding carboxylic acids is 2. The first kappa shape index (κ1) is 23.7. The van der Waals surface area contributed by atoms with Crippen molar-refractivity contribution in [3.05, 3.63) is 75.7 Å². The van der Waals surface area contributed by atoms with Gasteiger partial charge in [0.2, 0.25) is 5.91 Å². The molecular weight excluding hydrogens is 472 g/mol. The van der Waals surface area contributed by atoms with Crippen molar-refractivity contribution in [3.63, 3.8) is 0 Å². The number of fused-ring (bicyclic) bond motifs is 1. The number of aryl methyl sites for hydroxylation is 1. The minimum absolute atomic E-state index is 0.00728. The molecule has 0 aliphatic rings. The lowest BCUT2D eigenvalue weighted by molar-refractivity contribution is -0.113. The summed E-state index contributed by atoms with van der Waals surface area (Å²) in [6.45, 7) is 3.96. The molecule has 4 aromatic rings. The van der Waals surface area contributed by atoms with E-state index in [0.717, 1.165) is 23.1 Å². The Balaban J connectivity index is 1.61. The summed E-state index contributed by atoms with van der Waals surface area (Å²) in [5, 5.41) is 4.12. The molecule has 8 nitrogen and oxygen atoms in total. The number of pyridine rings is 1. The van der Waals surface area contributed by atoms with Crippen molar-refractivity contribution in [2.24, 2.45) is 0 Å². The zero-order chi connectivity index (χ0) is 24.1. The molecule has 1 N–H and O–H groups in total. The number of nitrogens with zero attached hydrogens (tertiary/aromatic N) is 3. The molecule has 0 aliphatic carbocycles. The van der Waals surface area contributed by atoms with Crippen LogP contribution in [0.1, 0.15) is 29.1 Å². The van der Waals surface area contributed by atoms with Crippen LogP contribution < -0.4 is 10.9 Å². The number of aromatic nitrogens is 3. The van der Waals surface area contributed by atoms with Crippen LogP contribution in [0.4, 0.5) is 5.00 Å². The molecule has 0 unspecified atom stereocenters. The molecule has 3 aromatic heterocycles. The highest BCUT2D eigenvalue weighted by Crippen LogP contribution is 2.30. The molecule has 4 rings (SSSR count). The first-order valence-electron chi connectivity index (χ1n) is 10.7. The van der Waals surface area contributed by atoms with Gasteiger partial charge in [-0.05, 0) is 43.7 Å². The number of anilines is 1. The van der Waals surface area contributed by atoms with Gasteiger partial charge in [-0.2, -0.15) is 0 Å². The number of thioether (sulfide) groups is 1. The minimum atomic E-state index is -0.469. The molecule has 174 valence electrons. The molecule has 1 aromatic carbocycles. The van der Waals surface area contributed by atoms with E-state index in [1.54, 1.807) is 55.7 Å². The van der Waals surface area contributed by atoms with Crippen molar-refractivity contribution < 1.29 is 14.3 Å². The van der Waals surface area contributed by atoms with Gasteiger partial charge in [0, 0.05) is 11.1 Å². The smallest absolute Gasteiger partial charge is 0.341 e. The summed E-state index contributed by atoms with van der Waals surface area (Å²) >= 11 is 2.48. The van der Waals surface area contributed by atoms with Crippen molar-refractivity contribution in [1.29, 1.82) is 0 Å². The molecule has 0 saturated carbocycles. The molecule has 3 heterocycles. The zero-order valence-corrected chi connectivity index (χ0v) is 20.2. The van der Waals surface area contributed by atoms with E-state index in [1.807, 2.05) is 13.0 Å². The molecule has 0 fully saturated rings. The Kier molecular flexibility index (Phi) is 7.39. The normalized spacial score (nSPS) is 10.9. The molecule has 0 bridgehead atoms. The second-order valence-electron chi connectivity index (χ2n) is 7.13. The van der Waals surface area contributed by atoms with Gasteiger partial charge in [0.25, 0.3) is 5.56 Å². The highest BCUT2D eigenvalue weighted by atomic mass is 32.2. The SMILES string of the molecule is CCOC(=O)c1cc(CC)sc1NC(=O)CSc1nc2ccccc2c(=O)n1-c1cccnc1.